The van der Waals surface area contributed by atoms with Crippen LogP contribution >= 0.6 is 0 Å². The summed E-state index contributed by atoms with van der Waals surface area (Å²) < 4.78 is 19.8. The van der Waals surface area contributed by atoms with Gasteiger partial charge in [0.15, 0.2) is 12.0 Å². The molecule has 1 heterocycles. The Hall–Kier alpha value is -2.47. The zero-order chi connectivity index (χ0) is 15.7. The fourth-order valence-electron chi connectivity index (χ4n) is 2.87. The molecule has 0 N–H and O–H groups in total. The first-order valence-electron chi connectivity index (χ1n) is 6.93. The normalized spacial score (nSPS) is 17.2. The number of fused-ring (bicyclic) bond motifs is 1. The number of nitrogens with zero attached hydrogens (tertiary/aromatic N) is 2. The van der Waals surface area contributed by atoms with Crippen LogP contribution in [0.3, 0.4) is 0 Å². The Morgan fingerprint density at radius 2 is 2.09 bits per heavy atom. The number of nitro benzene ring substituents is 1. The molecule has 1 aliphatic rings. The molecule has 0 amide bonds. The molecule has 0 fully saturated rings. The second-order valence-electron chi connectivity index (χ2n) is 5.12. The average molecular weight is 302 g/mol. The summed E-state index contributed by atoms with van der Waals surface area (Å²) >= 11 is 0. The minimum absolute atomic E-state index is 0.257. The van der Waals surface area contributed by atoms with Crippen molar-refractivity contribution in [1.29, 1.82) is 0 Å². The maximum atomic E-state index is 14.3. The lowest BCUT2D eigenvalue weighted by Crippen LogP contribution is -2.37. The van der Waals surface area contributed by atoms with Gasteiger partial charge >= 0.3 is 0 Å². The number of anilines is 1. The van der Waals surface area contributed by atoms with Crippen molar-refractivity contribution in [2.24, 2.45) is 0 Å². The number of benzene rings is 2. The Kier molecular flexibility index (Phi) is 3.77. The van der Waals surface area contributed by atoms with E-state index in [1.807, 2.05) is 24.3 Å². The Balaban J connectivity index is 2.00. The third-order valence-electron chi connectivity index (χ3n) is 3.90. The predicted molar refractivity (Wildman–Crippen MR) is 80.3 cm³/mol. The van der Waals surface area contributed by atoms with Gasteiger partial charge in [0.05, 0.1) is 16.7 Å². The summed E-state index contributed by atoms with van der Waals surface area (Å²) in [5.74, 6) is -0.615. The number of methoxy groups -OCH3 is 1. The Bertz CT molecular complexity index is 720. The number of halogens is 1. The van der Waals surface area contributed by atoms with E-state index in [2.05, 4.69) is 0 Å². The Morgan fingerprint density at radius 3 is 2.77 bits per heavy atom. The van der Waals surface area contributed by atoms with Gasteiger partial charge in [-0.05, 0) is 18.1 Å². The van der Waals surface area contributed by atoms with Crippen molar-refractivity contribution in [1.82, 2.24) is 0 Å². The summed E-state index contributed by atoms with van der Waals surface area (Å²) in [6.07, 6.45) is 0.368. The van der Waals surface area contributed by atoms with Crippen LogP contribution in [-0.4, -0.2) is 18.6 Å². The van der Waals surface area contributed by atoms with Gasteiger partial charge in [0.25, 0.3) is 5.69 Å². The SMILES string of the molecule is CO[C@@H]1c2ccccc2CCN1c1ccc([N+](=O)[O-])cc1F. The van der Waals surface area contributed by atoms with Crippen LogP contribution in [0.5, 0.6) is 0 Å². The van der Waals surface area contributed by atoms with Crippen molar-refractivity contribution in [2.45, 2.75) is 12.6 Å². The van der Waals surface area contributed by atoms with Gasteiger partial charge in [0, 0.05) is 25.3 Å². The Morgan fingerprint density at radius 1 is 1.32 bits per heavy atom. The maximum absolute atomic E-state index is 14.3. The van der Waals surface area contributed by atoms with Crippen LogP contribution in [0.1, 0.15) is 17.4 Å². The first kappa shape index (κ1) is 14.5. The van der Waals surface area contributed by atoms with Crippen LogP contribution < -0.4 is 4.90 Å². The second-order valence-corrected chi connectivity index (χ2v) is 5.12. The average Bonchev–Trinajstić information content (AvgIpc) is 2.53. The van der Waals surface area contributed by atoms with Crippen molar-refractivity contribution in [2.75, 3.05) is 18.6 Å². The van der Waals surface area contributed by atoms with Crippen LogP contribution in [0.2, 0.25) is 0 Å². The highest BCUT2D eigenvalue weighted by Gasteiger charge is 2.29. The third-order valence-corrected chi connectivity index (χ3v) is 3.90. The first-order chi connectivity index (χ1) is 10.6. The highest BCUT2D eigenvalue weighted by atomic mass is 19.1. The fraction of sp³-hybridized carbons (Fsp3) is 0.250. The molecule has 0 radical (unpaired) electrons. The van der Waals surface area contributed by atoms with Gasteiger partial charge in [-0.15, -0.1) is 0 Å². The monoisotopic (exact) mass is 302 g/mol. The van der Waals surface area contributed by atoms with E-state index in [0.29, 0.717) is 12.2 Å². The topological polar surface area (TPSA) is 55.6 Å². The van der Waals surface area contributed by atoms with Crippen LogP contribution in [0.4, 0.5) is 15.8 Å². The molecule has 0 saturated heterocycles. The lowest BCUT2D eigenvalue weighted by molar-refractivity contribution is -0.385. The number of hydrogen-bond donors (Lipinski definition) is 0. The molecule has 0 bridgehead atoms. The highest BCUT2D eigenvalue weighted by molar-refractivity contribution is 5.55. The summed E-state index contributed by atoms with van der Waals surface area (Å²) in [6, 6.07) is 11.6. The van der Waals surface area contributed by atoms with Crippen LogP contribution in [-0.2, 0) is 11.2 Å². The Labute approximate surface area is 127 Å². The quantitative estimate of drug-likeness (QED) is 0.644. The molecule has 2 aromatic carbocycles. The molecule has 0 aromatic heterocycles. The predicted octanol–water partition coefficient (Wildman–Crippen LogP) is 3.44. The lowest BCUT2D eigenvalue weighted by Gasteiger charge is -2.37. The molecule has 3 rings (SSSR count). The zero-order valence-corrected chi connectivity index (χ0v) is 12.0. The van der Waals surface area contributed by atoms with Gasteiger partial charge < -0.3 is 9.64 Å². The van der Waals surface area contributed by atoms with Gasteiger partial charge in [-0.1, -0.05) is 24.3 Å². The van der Waals surface area contributed by atoms with E-state index in [-0.39, 0.29) is 5.69 Å². The number of nitro groups is 1. The van der Waals surface area contributed by atoms with Gasteiger partial charge in [-0.2, -0.15) is 0 Å². The lowest BCUT2D eigenvalue weighted by atomic mass is 9.97. The summed E-state index contributed by atoms with van der Waals surface area (Å²) in [6.45, 7) is 0.588. The molecule has 6 heteroatoms. The molecule has 1 atom stereocenters. The molecule has 2 aromatic rings. The molecule has 22 heavy (non-hydrogen) atoms. The molecular formula is C16H15FN2O3. The molecule has 0 saturated carbocycles. The number of rotatable bonds is 3. The molecule has 114 valence electrons. The molecule has 5 nitrogen and oxygen atoms in total. The maximum Gasteiger partial charge on any atom is 0.272 e. The minimum Gasteiger partial charge on any atom is -0.357 e. The van der Waals surface area contributed by atoms with Crippen molar-refractivity contribution in [3.8, 4) is 0 Å². The molecule has 0 unspecified atom stereocenters. The highest BCUT2D eigenvalue weighted by Crippen LogP contribution is 2.36. The van der Waals surface area contributed by atoms with E-state index in [0.717, 1.165) is 18.1 Å². The summed E-state index contributed by atoms with van der Waals surface area (Å²) in [7, 11) is 1.57. The van der Waals surface area contributed by atoms with Crippen molar-refractivity contribution < 1.29 is 14.1 Å². The van der Waals surface area contributed by atoms with Crippen molar-refractivity contribution in [3.63, 3.8) is 0 Å². The molecule has 1 aliphatic heterocycles. The molecule has 0 spiro atoms. The molecule has 0 aliphatic carbocycles. The van der Waals surface area contributed by atoms with E-state index in [1.54, 1.807) is 12.0 Å². The number of ether oxygens (including phenoxy) is 1. The van der Waals surface area contributed by atoms with Crippen LogP contribution in [0.25, 0.3) is 0 Å². The van der Waals surface area contributed by atoms with Crippen molar-refractivity contribution in [3.05, 3.63) is 69.5 Å². The zero-order valence-electron chi connectivity index (χ0n) is 12.0. The third kappa shape index (κ3) is 2.42. The number of hydrogen-bond acceptors (Lipinski definition) is 4. The minimum atomic E-state index is -0.615. The second kappa shape index (κ2) is 5.73. The summed E-state index contributed by atoms with van der Waals surface area (Å²) in [4.78, 5) is 11.9. The first-order valence-corrected chi connectivity index (χ1v) is 6.93. The van der Waals surface area contributed by atoms with Gasteiger partial charge in [0.1, 0.15) is 0 Å². The molecular weight excluding hydrogens is 287 g/mol. The smallest absolute Gasteiger partial charge is 0.272 e. The van der Waals surface area contributed by atoms with E-state index in [1.165, 1.54) is 17.7 Å². The number of non-ortho nitro benzene ring substituents is 1. The van der Waals surface area contributed by atoms with Crippen molar-refractivity contribution >= 4 is 11.4 Å². The van der Waals surface area contributed by atoms with Gasteiger partial charge in [0.2, 0.25) is 0 Å². The van der Waals surface area contributed by atoms with Gasteiger partial charge in [-0.3, -0.25) is 10.1 Å². The van der Waals surface area contributed by atoms with Gasteiger partial charge in [-0.25, -0.2) is 4.39 Å². The largest absolute Gasteiger partial charge is 0.357 e. The van der Waals surface area contributed by atoms with Crippen LogP contribution in [0.15, 0.2) is 42.5 Å². The van der Waals surface area contributed by atoms with Crippen LogP contribution in [0, 0.1) is 15.9 Å². The summed E-state index contributed by atoms with van der Waals surface area (Å²) in [5.41, 5.74) is 2.22. The summed E-state index contributed by atoms with van der Waals surface area (Å²) in [5, 5.41) is 10.7. The van der Waals surface area contributed by atoms with E-state index in [4.69, 9.17) is 4.74 Å². The van der Waals surface area contributed by atoms with E-state index >= 15 is 0 Å². The van der Waals surface area contributed by atoms with E-state index < -0.39 is 17.0 Å². The standard InChI is InChI=1S/C16H15FN2O3/c1-22-16-13-5-3-2-4-11(13)8-9-18(16)15-7-6-12(19(20)21)10-14(15)17/h2-7,10,16H,8-9H2,1H3/t16-/m1/s1. The fourth-order valence-corrected chi connectivity index (χ4v) is 2.87. The van der Waals surface area contributed by atoms with E-state index in [9.17, 15) is 14.5 Å².